The first-order valence-corrected chi connectivity index (χ1v) is 6.43. The first kappa shape index (κ1) is 14.9. The summed E-state index contributed by atoms with van der Waals surface area (Å²) in [5.74, 6) is -2.04. The second-order valence-electron chi connectivity index (χ2n) is 4.97. The van der Waals surface area contributed by atoms with E-state index in [1.807, 2.05) is 0 Å². The van der Waals surface area contributed by atoms with Gasteiger partial charge in [-0.15, -0.1) is 0 Å². The van der Waals surface area contributed by atoms with Gasteiger partial charge in [0.05, 0.1) is 13.2 Å². The normalized spacial score (nSPS) is 21.7. The number of ether oxygens (including phenoxy) is 1. The first-order valence-electron chi connectivity index (χ1n) is 6.43. The van der Waals surface area contributed by atoms with Crippen LogP contribution in [0.1, 0.15) is 24.1 Å². The van der Waals surface area contributed by atoms with Crippen molar-refractivity contribution in [2.24, 2.45) is 0 Å². The average Bonchev–Trinajstić information content (AvgIpc) is 2.42. The summed E-state index contributed by atoms with van der Waals surface area (Å²) in [6.45, 7) is 3.96. The van der Waals surface area contributed by atoms with Crippen LogP contribution in [0.4, 0.5) is 8.78 Å². The molecule has 1 aromatic rings. The maximum Gasteiger partial charge on any atom is 0.323 e. The molecule has 0 bridgehead atoms. The summed E-state index contributed by atoms with van der Waals surface area (Å²) < 4.78 is 32.8. The van der Waals surface area contributed by atoms with Gasteiger partial charge in [0.2, 0.25) is 0 Å². The van der Waals surface area contributed by atoms with E-state index in [9.17, 15) is 18.7 Å². The fourth-order valence-corrected chi connectivity index (χ4v) is 2.45. The Morgan fingerprint density at radius 3 is 2.80 bits per heavy atom. The minimum Gasteiger partial charge on any atom is -0.480 e. The fourth-order valence-electron chi connectivity index (χ4n) is 2.45. The Balaban J connectivity index is 2.32. The van der Waals surface area contributed by atoms with Crippen LogP contribution in [0.25, 0.3) is 0 Å². The molecule has 6 heteroatoms. The highest BCUT2D eigenvalue weighted by molar-refractivity contribution is 5.73. The molecule has 0 saturated carbocycles. The lowest BCUT2D eigenvalue weighted by molar-refractivity contribution is -0.151. The van der Waals surface area contributed by atoms with Crippen LogP contribution in [0.5, 0.6) is 0 Å². The molecule has 1 aliphatic heterocycles. The summed E-state index contributed by atoms with van der Waals surface area (Å²) in [5.41, 5.74) is 0.400. The number of aryl methyl sites for hydroxylation is 1. The molecule has 0 radical (unpaired) electrons. The molecule has 0 amide bonds. The number of carbonyl (C=O) groups is 1. The highest BCUT2D eigenvalue weighted by atomic mass is 19.1. The predicted octanol–water partition coefficient (Wildman–Crippen LogP) is 2.12. The van der Waals surface area contributed by atoms with Gasteiger partial charge >= 0.3 is 5.97 Å². The Morgan fingerprint density at radius 1 is 1.45 bits per heavy atom. The molecule has 20 heavy (non-hydrogen) atoms. The molecule has 0 aliphatic carbocycles. The van der Waals surface area contributed by atoms with Gasteiger partial charge < -0.3 is 9.84 Å². The highest BCUT2D eigenvalue weighted by Crippen LogP contribution is 2.28. The van der Waals surface area contributed by atoms with Crippen LogP contribution in [-0.2, 0) is 9.53 Å². The SMILES string of the molecule is Cc1cc(F)c(C(C)N2CCOCC2C(=O)O)cc1F. The van der Waals surface area contributed by atoms with E-state index < -0.39 is 29.7 Å². The second-order valence-corrected chi connectivity index (χ2v) is 4.97. The van der Waals surface area contributed by atoms with Crippen molar-refractivity contribution < 1.29 is 23.4 Å². The van der Waals surface area contributed by atoms with Gasteiger partial charge in [0.15, 0.2) is 0 Å². The minimum atomic E-state index is -1.02. The topological polar surface area (TPSA) is 49.8 Å². The standard InChI is InChI=1S/C14H17F2NO3/c1-8-5-12(16)10(6-11(8)15)9(2)17-3-4-20-7-13(17)14(18)19/h5-6,9,13H,3-4,7H2,1-2H3,(H,18,19). The summed E-state index contributed by atoms with van der Waals surface area (Å²) in [5, 5.41) is 9.18. The Bertz CT molecular complexity index is 521. The smallest absolute Gasteiger partial charge is 0.323 e. The second kappa shape index (κ2) is 5.85. The van der Waals surface area contributed by atoms with Crippen molar-refractivity contribution in [2.75, 3.05) is 19.8 Å². The lowest BCUT2D eigenvalue weighted by Crippen LogP contribution is -2.50. The van der Waals surface area contributed by atoms with Gasteiger partial charge in [0.25, 0.3) is 0 Å². The number of benzene rings is 1. The number of halogens is 2. The Kier molecular flexibility index (Phi) is 4.35. The molecule has 1 N–H and O–H groups in total. The van der Waals surface area contributed by atoms with Crippen LogP contribution < -0.4 is 0 Å². The number of morpholine rings is 1. The molecule has 110 valence electrons. The van der Waals surface area contributed by atoms with Crippen molar-refractivity contribution in [1.29, 1.82) is 0 Å². The minimum absolute atomic E-state index is 0.0512. The number of rotatable bonds is 3. The molecule has 1 aromatic carbocycles. The Hall–Kier alpha value is -1.53. The first-order chi connectivity index (χ1) is 9.41. The molecule has 1 heterocycles. The maximum atomic E-state index is 14.0. The van der Waals surface area contributed by atoms with Gasteiger partial charge in [-0.05, 0) is 31.5 Å². The summed E-state index contributed by atoms with van der Waals surface area (Å²) in [7, 11) is 0. The molecule has 0 spiro atoms. The van der Waals surface area contributed by atoms with Crippen LogP contribution in [0.3, 0.4) is 0 Å². The van der Waals surface area contributed by atoms with E-state index in [0.717, 1.165) is 12.1 Å². The highest BCUT2D eigenvalue weighted by Gasteiger charge is 2.34. The number of carboxylic acids is 1. The lowest BCUT2D eigenvalue weighted by atomic mass is 10.0. The Morgan fingerprint density at radius 2 is 2.15 bits per heavy atom. The summed E-state index contributed by atoms with van der Waals surface area (Å²) in [6, 6.07) is 0.902. The zero-order valence-electron chi connectivity index (χ0n) is 11.4. The third-order valence-electron chi connectivity index (χ3n) is 3.68. The van der Waals surface area contributed by atoms with Gasteiger partial charge in [0, 0.05) is 18.2 Å². The van der Waals surface area contributed by atoms with E-state index in [0.29, 0.717) is 13.2 Å². The summed E-state index contributed by atoms with van der Waals surface area (Å²) in [4.78, 5) is 12.8. The van der Waals surface area contributed by atoms with Crippen LogP contribution in [0, 0.1) is 18.6 Å². The van der Waals surface area contributed by atoms with Crippen molar-refractivity contribution >= 4 is 5.97 Å². The van der Waals surface area contributed by atoms with Gasteiger partial charge in [-0.1, -0.05) is 0 Å². The quantitative estimate of drug-likeness (QED) is 0.924. The molecule has 2 atom stereocenters. The third-order valence-corrected chi connectivity index (χ3v) is 3.68. The van der Waals surface area contributed by atoms with Crippen molar-refractivity contribution in [3.8, 4) is 0 Å². The van der Waals surface area contributed by atoms with E-state index in [1.165, 1.54) is 6.92 Å². The molecule has 0 aromatic heterocycles. The van der Waals surface area contributed by atoms with E-state index >= 15 is 0 Å². The molecule has 4 nitrogen and oxygen atoms in total. The van der Waals surface area contributed by atoms with Gasteiger partial charge in [-0.2, -0.15) is 0 Å². The molecular formula is C14H17F2NO3. The molecule has 1 saturated heterocycles. The molecule has 2 rings (SSSR count). The van der Waals surface area contributed by atoms with Crippen LogP contribution in [0.15, 0.2) is 12.1 Å². The maximum absolute atomic E-state index is 14.0. The monoisotopic (exact) mass is 285 g/mol. The summed E-state index contributed by atoms with van der Waals surface area (Å²) in [6.07, 6.45) is 0. The largest absolute Gasteiger partial charge is 0.480 e. The van der Waals surface area contributed by atoms with Gasteiger partial charge in [-0.3, -0.25) is 9.69 Å². The number of carboxylic acid groups (broad SMARTS) is 1. The van der Waals surface area contributed by atoms with Crippen molar-refractivity contribution in [2.45, 2.75) is 25.9 Å². The van der Waals surface area contributed by atoms with E-state index in [2.05, 4.69) is 0 Å². The third kappa shape index (κ3) is 2.81. The molecule has 1 aliphatic rings. The van der Waals surface area contributed by atoms with Crippen molar-refractivity contribution in [3.05, 3.63) is 34.9 Å². The lowest BCUT2D eigenvalue weighted by Gasteiger charge is -2.37. The van der Waals surface area contributed by atoms with E-state index in [-0.39, 0.29) is 17.7 Å². The van der Waals surface area contributed by atoms with Crippen LogP contribution >= 0.6 is 0 Å². The number of nitrogens with zero attached hydrogens (tertiary/aromatic N) is 1. The summed E-state index contributed by atoms with van der Waals surface area (Å²) >= 11 is 0. The Labute approximate surface area is 116 Å². The zero-order valence-corrected chi connectivity index (χ0v) is 11.4. The predicted molar refractivity (Wildman–Crippen MR) is 68.5 cm³/mol. The zero-order chi connectivity index (χ0) is 14.9. The van der Waals surface area contributed by atoms with Gasteiger partial charge in [-0.25, -0.2) is 8.78 Å². The van der Waals surface area contributed by atoms with E-state index in [1.54, 1.807) is 11.8 Å². The van der Waals surface area contributed by atoms with Crippen LogP contribution in [-0.4, -0.2) is 41.8 Å². The number of hydrogen-bond donors (Lipinski definition) is 1. The van der Waals surface area contributed by atoms with Crippen LogP contribution in [0.2, 0.25) is 0 Å². The van der Waals surface area contributed by atoms with Gasteiger partial charge in [0.1, 0.15) is 17.7 Å². The van der Waals surface area contributed by atoms with Crippen molar-refractivity contribution in [1.82, 2.24) is 4.90 Å². The molecular weight excluding hydrogens is 268 g/mol. The number of hydrogen-bond acceptors (Lipinski definition) is 3. The van der Waals surface area contributed by atoms with E-state index in [4.69, 9.17) is 4.74 Å². The molecule has 2 unspecified atom stereocenters. The van der Waals surface area contributed by atoms with Crippen molar-refractivity contribution in [3.63, 3.8) is 0 Å². The number of aliphatic carboxylic acids is 1. The average molecular weight is 285 g/mol. The fraction of sp³-hybridized carbons (Fsp3) is 0.500. The molecule has 1 fully saturated rings.